The van der Waals surface area contributed by atoms with Crippen LogP contribution in [-0.2, 0) is 14.8 Å². The number of benzene rings is 2. The monoisotopic (exact) mass is 391 g/mol. The number of ether oxygens (including phenoxy) is 1. The molecule has 1 aliphatic heterocycles. The zero-order valence-electron chi connectivity index (χ0n) is 14.8. The molecule has 2 aromatic rings. The summed E-state index contributed by atoms with van der Waals surface area (Å²) < 4.78 is 33.4. The van der Waals surface area contributed by atoms with Gasteiger partial charge in [-0.25, -0.2) is 8.42 Å². The van der Waals surface area contributed by atoms with Crippen molar-refractivity contribution in [2.75, 3.05) is 6.54 Å². The van der Waals surface area contributed by atoms with Crippen molar-refractivity contribution in [3.05, 3.63) is 77.0 Å². The van der Waals surface area contributed by atoms with E-state index in [0.717, 1.165) is 11.1 Å². The number of nitrogens with zero attached hydrogens (tertiary/aromatic N) is 1. The van der Waals surface area contributed by atoms with Gasteiger partial charge >= 0.3 is 0 Å². The Hall–Kier alpha value is -1.82. The number of halogens is 1. The van der Waals surface area contributed by atoms with Gasteiger partial charge in [-0.2, -0.15) is 0 Å². The van der Waals surface area contributed by atoms with Crippen LogP contribution in [0.15, 0.2) is 65.7 Å². The van der Waals surface area contributed by atoms with Gasteiger partial charge in [0.2, 0.25) is 0 Å². The van der Waals surface area contributed by atoms with Crippen molar-refractivity contribution >= 4 is 21.6 Å². The third-order valence-electron chi connectivity index (χ3n) is 4.38. The summed E-state index contributed by atoms with van der Waals surface area (Å²) in [7, 11) is -3.58. The van der Waals surface area contributed by atoms with Crippen LogP contribution in [0.5, 0.6) is 0 Å². The molecule has 1 heterocycles. The quantitative estimate of drug-likeness (QED) is 0.761. The SMILES string of the molecule is Cc1ccc(S(=O)(=O)N2/C=C\C(C)OC(c3ccc(Cl)cc3)CC2)cc1. The topological polar surface area (TPSA) is 46.6 Å². The van der Waals surface area contributed by atoms with E-state index in [0.29, 0.717) is 22.9 Å². The van der Waals surface area contributed by atoms with E-state index in [4.69, 9.17) is 16.3 Å². The highest BCUT2D eigenvalue weighted by Crippen LogP contribution is 2.28. The molecule has 4 nitrogen and oxygen atoms in total. The standard InChI is InChI=1S/C20H22ClNO3S/c1-15-3-9-19(10-4-15)26(23,24)22-13-11-16(2)25-20(12-14-22)17-5-7-18(21)8-6-17/h3-11,13,16,20H,12,14H2,1-2H3/b13-11-. The van der Waals surface area contributed by atoms with Crippen LogP contribution in [0.3, 0.4) is 0 Å². The molecule has 1 aliphatic rings. The summed E-state index contributed by atoms with van der Waals surface area (Å²) in [5, 5.41) is 0.663. The smallest absolute Gasteiger partial charge is 0.263 e. The third-order valence-corrected chi connectivity index (χ3v) is 6.42. The first-order chi connectivity index (χ1) is 12.4. The van der Waals surface area contributed by atoms with Gasteiger partial charge in [-0.3, -0.25) is 4.31 Å². The second-order valence-electron chi connectivity index (χ2n) is 6.44. The molecule has 0 aromatic heterocycles. The Morgan fingerprint density at radius 2 is 1.73 bits per heavy atom. The van der Waals surface area contributed by atoms with Gasteiger partial charge in [-0.05, 0) is 56.2 Å². The molecule has 0 amide bonds. The molecule has 0 fully saturated rings. The Kier molecular flexibility index (Phi) is 5.70. The Morgan fingerprint density at radius 1 is 1.08 bits per heavy atom. The van der Waals surface area contributed by atoms with Gasteiger partial charge in [0.25, 0.3) is 10.0 Å². The molecule has 2 atom stereocenters. The fourth-order valence-corrected chi connectivity index (χ4v) is 4.33. The highest BCUT2D eigenvalue weighted by Gasteiger charge is 2.25. The lowest BCUT2D eigenvalue weighted by Gasteiger charge is -2.28. The van der Waals surface area contributed by atoms with Crippen LogP contribution in [0.25, 0.3) is 0 Å². The largest absolute Gasteiger partial charge is 0.366 e. The average Bonchev–Trinajstić information content (AvgIpc) is 2.59. The Labute approximate surface area is 160 Å². The maximum atomic E-state index is 13.0. The van der Waals surface area contributed by atoms with Crippen molar-refractivity contribution in [1.82, 2.24) is 4.31 Å². The molecule has 138 valence electrons. The molecule has 0 saturated carbocycles. The summed E-state index contributed by atoms with van der Waals surface area (Å²) in [6.07, 6.45) is 3.54. The second kappa shape index (κ2) is 7.82. The molecule has 2 aromatic carbocycles. The van der Waals surface area contributed by atoms with Crippen molar-refractivity contribution in [2.45, 2.75) is 37.4 Å². The lowest BCUT2D eigenvalue weighted by Crippen LogP contribution is -2.31. The molecule has 6 heteroatoms. The lowest BCUT2D eigenvalue weighted by molar-refractivity contribution is 0.0111. The molecule has 2 unspecified atom stereocenters. The maximum absolute atomic E-state index is 13.0. The minimum atomic E-state index is -3.58. The molecule has 26 heavy (non-hydrogen) atoms. The van der Waals surface area contributed by atoms with Gasteiger partial charge in [0.15, 0.2) is 0 Å². The average molecular weight is 392 g/mol. The van der Waals surface area contributed by atoms with E-state index in [9.17, 15) is 8.42 Å². The minimum absolute atomic E-state index is 0.192. The van der Waals surface area contributed by atoms with Crippen molar-refractivity contribution in [2.24, 2.45) is 0 Å². The van der Waals surface area contributed by atoms with E-state index < -0.39 is 10.0 Å². The summed E-state index contributed by atoms with van der Waals surface area (Å²) in [6.45, 7) is 4.18. The van der Waals surface area contributed by atoms with Crippen LogP contribution in [0.4, 0.5) is 0 Å². The summed E-state index contributed by atoms with van der Waals surface area (Å²) in [6, 6.07) is 14.4. The van der Waals surface area contributed by atoms with E-state index in [-0.39, 0.29) is 12.2 Å². The molecular formula is C20H22ClNO3S. The molecular weight excluding hydrogens is 370 g/mol. The van der Waals surface area contributed by atoms with Gasteiger partial charge < -0.3 is 4.74 Å². The van der Waals surface area contributed by atoms with Crippen LogP contribution in [0.2, 0.25) is 5.02 Å². The van der Waals surface area contributed by atoms with Crippen LogP contribution >= 0.6 is 11.6 Å². The highest BCUT2D eigenvalue weighted by atomic mass is 35.5. The predicted octanol–water partition coefficient (Wildman–Crippen LogP) is 4.70. The van der Waals surface area contributed by atoms with Gasteiger partial charge in [-0.15, -0.1) is 0 Å². The van der Waals surface area contributed by atoms with Crippen LogP contribution in [-0.4, -0.2) is 25.4 Å². The zero-order chi connectivity index (χ0) is 18.7. The molecule has 0 bridgehead atoms. The number of aryl methyl sites for hydroxylation is 1. The summed E-state index contributed by atoms with van der Waals surface area (Å²) in [5.41, 5.74) is 2.02. The summed E-state index contributed by atoms with van der Waals surface area (Å²) >= 11 is 5.96. The number of hydrogen-bond acceptors (Lipinski definition) is 3. The van der Waals surface area contributed by atoms with E-state index in [1.54, 1.807) is 24.4 Å². The van der Waals surface area contributed by atoms with Gasteiger partial charge in [0.05, 0.1) is 17.1 Å². The van der Waals surface area contributed by atoms with E-state index in [1.807, 2.05) is 50.2 Å². The minimum Gasteiger partial charge on any atom is -0.366 e. The van der Waals surface area contributed by atoms with Gasteiger partial charge in [0, 0.05) is 17.8 Å². The van der Waals surface area contributed by atoms with Crippen molar-refractivity contribution in [3.8, 4) is 0 Å². The van der Waals surface area contributed by atoms with Gasteiger partial charge in [-0.1, -0.05) is 41.4 Å². The Bertz CT molecular complexity index is 876. The second-order valence-corrected chi connectivity index (χ2v) is 8.77. The number of sulfonamides is 1. The summed E-state index contributed by atoms with van der Waals surface area (Å²) in [4.78, 5) is 0.296. The first-order valence-electron chi connectivity index (χ1n) is 8.54. The lowest BCUT2D eigenvalue weighted by atomic mass is 10.1. The van der Waals surface area contributed by atoms with Crippen molar-refractivity contribution < 1.29 is 13.2 Å². The van der Waals surface area contributed by atoms with Gasteiger partial charge in [0.1, 0.15) is 0 Å². The first kappa shape index (κ1) is 19.0. The Balaban J connectivity index is 1.85. The number of rotatable bonds is 3. The molecule has 0 saturated heterocycles. The molecule has 0 N–H and O–H groups in total. The van der Waals surface area contributed by atoms with Crippen molar-refractivity contribution in [3.63, 3.8) is 0 Å². The van der Waals surface area contributed by atoms with E-state index >= 15 is 0 Å². The zero-order valence-corrected chi connectivity index (χ0v) is 16.4. The summed E-state index contributed by atoms with van der Waals surface area (Å²) in [5.74, 6) is 0. The molecule has 0 aliphatic carbocycles. The number of hydrogen-bond donors (Lipinski definition) is 0. The fourth-order valence-electron chi connectivity index (χ4n) is 2.88. The maximum Gasteiger partial charge on any atom is 0.263 e. The predicted molar refractivity (Wildman–Crippen MR) is 104 cm³/mol. The van der Waals surface area contributed by atoms with Crippen LogP contribution in [0.1, 0.15) is 30.6 Å². The molecule has 0 radical (unpaired) electrons. The first-order valence-corrected chi connectivity index (χ1v) is 10.4. The molecule has 3 rings (SSSR count). The Morgan fingerprint density at radius 3 is 2.38 bits per heavy atom. The normalized spacial score (nSPS) is 22.5. The van der Waals surface area contributed by atoms with E-state index in [2.05, 4.69) is 0 Å². The van der Waals surface area contributed by atoms with Crippen LogP contribution in [0, 0.1) is 6.92 Å². The molecule has 0 spiro atoms. The van der Waals surface area contributed by atoms with Crippen LogP contribution < -0.4 is 0 Å². The van der Waals surface area contributed by atoms with E-state index in [1.165, 1.54) is 4.31 Å². The van der Waals surface area contributed by atoms with Crippen molar-refractivity contribution in [1.29, 1.82) is 0 Å². The third kappa shape index (κ3) is 4.29. The highest BCUT2D eigenvalue weighted by molar-refractivity contribution is 7.89. The fraction of sp³-hybridized carbons (Fsp3) is 0.300.